The molecule has 0 bridgehead atoms. The summed E-state index contributed by atoms with van der Waals surface area (Å²) in [4.78, 5) is 2.59. The minimum atomic E-state index is -0.0645. The molecule has 0 aromatic carbocycles. The van der Waals surface area contributed by atoms with Crippen LogP contribution in [0.3, 0.4) is 0 Å². The highest BCUT2D eigenvalue weighted by atomic mass is 16.3. The van der Waals surface area contributed by atoms with Gasteiger partial charge in [-0.05, 0) is 37.0 Å². The lowest BCUT2D eigenvalue weighted by atomic mass is 9.87. The molecule has 0 radical (unpaired) electrons. The van der Waals surface area contributed by atoms with Gasteiger partial charge >= 0.3 is 0 Å². The molecule has 2 fully saturated rings. The summed E-state index contributed by atoms with van der Waals surface area (Å²) >= 11 is 0. The van der Waals surface area contributed by atoms with Crippen molar-refractivity contribution in [1.82, 2.24) is 10.2 Å². The molecule has 112 valence electrons. The van der Waals surface area contributed by atoms with E-state index in [1.54, 1.807) is 0 Å². The van der Waals surface area contributed by atoms with Crippen molar-refractivity contribution in [2.75, 3.05) is 26.2 Å². The zero-order chi connectivity index (χ0) is 14.0. The number of aliphatic hydroxyl groups is 1. The highest BCUT2D eigenvalue weighted by Gasteiger charge is 2.46. The molecule has 3 nitrogen and oxygen atoms in total. The van der Waals surface area contributed by atoms with Crippen LogP contribution in [0.1, 0.15) is 47.0 Å². The van der Waals surface area contributed by atoms with E-state index in [4.69, 9.17) is 0 Å². The predicted octanol–water partition coefficient (Wildman–Crippen LogP) is 2.10. The van der Waals surface area contributed by atoms with E-state index in [1.807, 2.05) is 0 Å². The Balaban J connectivity index is 2.02. The van der Waals surface area contributed by atoms with Crippen LogP contribution in [0.4, 0.5) is 0 Å². The fourth-order valence-corrected chi connectivity index (χ4v) is 4.05. The number of hydrogen-bond donors (Lipinski definition) is 2. The Kier molecular flexibility index (Phi) is 4.91. The van der Waals surface area contributed by atoms with Crippen LogP contribution in [0.25, 0.3) is 0 Å². The molecule has 3 atom stereocenters. The van der Waals surface area contributed by atoms with Gasteiger partial charge in [0, 0.05) is 25.7 Å². The van der Waals surface area contributed by atoms with E-state index in [2.05, 4.69) is 37.9 Å². The highest BCUT2D eigenvalue weighted by Crippen LogP contribution is 2.41. The van der Waals surface area contributed by atoms with Crippen LogP contribution in [0.5, 0.6) is 0 Å². The van der Waals surface area contributed by atoms with Gasteiger partial charge in [0.1, 0.15) is 0 Å². The molecule has 3 unspecified atom stereocenters. The number of piperidine rings is 1. The fraction of sp³-hybridized carbons (Fsp3) is 1.00. The monoisotopic (exact) mass is 268 g/mol. The first-order valence-corrected chi connectivity index (χ1v) is 8.06. The smallest absolute Gasteiger partial charge is 0.0628 e. The normalized spacial score (nSPS) is 32.5. The summed E-state index contributed by atoms with van der Waals surface area (Å²) in [6.45, 7) is 12.8. The molecule has 1 aliphatic heterocycles. The second-order valence-corrected chi connectivity index (χ2v) is 7.53. The molecule has 1 saturated carbocycles. The van der Waals surface area contributed by atoms with Crippen molar-refractivity contribution in [1.29, 1.82) is 0 Å². The van der Waals surface area contributed by atoms with Crippen LogP contribution < -0.4 is 5.32 Å². The quantitative estimate of drug-likeness (QED) is 0.774. The first kappa shape index (κ1) is 15.3. The van der Waals surface area contributed by atoms with Gasteiger partial charge in [-0.2, -0.15) is 0 Å². The van der Waals surface area contributed by atoms with E-state index in [9.17, 15) is 5.11 Å². The topological polar surface area (TPSA) is 35.5 Å². The third kappa shape index (κ3) is 3.93. The minimum absolute atomic E-state index is 0.0645. The van der Waals surface area contributed by atoms with Gasteiger partial charge in [-0.3, -0.25) is 0 Å². The zero-order valence-corrected chi connectivity index (χ0v) is 13.2. The van der Waals surface area contributed by atoms with Crippen LogP contribution in [0.15, 0.2) is 0 Å². The number of nitrogens with zero attached hydrogens (tertiary/aromatic N) is 1. The molecule has 0 spiro atoms. The Labute approximate surface area is 118 Å². The average molecular weight is 268 g/mol. The van der Waals surface area contributed by atoms with Gasteiger partial charge in [0.05, 0.1) is 12.1 Å². The summed E-state index contributed by atoms with van der Waals surface area (Å²) in [6.07, 6.45) is 3.90. The highest BCUT2D eigenvalue weighted by molar-refractivity contribution is 5.04. The number of hydrogen-bond acceptors (Lipinski definition) is 3. The average Bonchev–Trinajstić information content (AvgIpc) is 3.09. The van der Waals surface area contributed by atoms with E-state index < -0.39 is 0 Å². The van der Waals surface area contributed by atoms with Crippen LogP contribution in [0, 0.1) is 17.8 Å². The van der Waals surface area contributed by atoms with Crippen LogP contribution >= 0.6 is 0 Å². The van der Waals surface area contributed by atoms with Crippen molar-refractivity contribution in [3.63, 3.8) is 0 Å². The number of likely N-dealkylation sites (tertiary alicyclic amines) is 1. The first-order chi connectivity index (χ1) is 8.95. The zero-order valence-electron chi connectivity index (χ0n) is 13.2. The maximum Gasteiger partial charge on any atom is 0.0628 e. The van der Waals surface area contributed by atoms with Gasteiger partial charge < -0.3 is 15.3 Å². The van der Waals surface area contributed by atoms with Crippen molar-refractivity contribution in [2.24, 2.45) is 17.8 Å². The van der Waals surface area contributed by atoms with E-state index in [1.165, 1.54) is 32.4 Å². The summed E-state index contributed by atoms with van der Waals surface area (Å²) < 4.78 is 0. The van der Waals surface area contributed by atoms with Gasteiger partial charge in [-0.25, -0.2) is 0 Å². The van der Waals surface area contributed by atoms with Crippen LogP contribution in [-0.4, -0.2) is 47.8 Å². The van der Waals surface area contributed by atoms with Crippen molar-refractivity contribution in [3.8, 4) is 0 Å². The lowest BCUT2D eigenvalue weighted by Gasteiger charge is -2.43. The largest absolute Gasteiger partial charge is 0.394 e. The van der Waals surface area contributed by atoms with Gasteiger partial charge in [0.25, 0.3) is 0 Å². The van der Waals surface area contributed by atoms with E-state index in [-0.39, 0.29) is 12.1 Å². The van der Waals surface area contributed by atoms with Crippen LogP contribution in [0.2, 0.25) is 0 Å². The molecule has 19 heavy (non-hydrogen) atoms. The van der Waals surface area contributed by atoms with Gasteiger partial charge in [0.2, 0.25) is 0 Å². The summed E-state index contributed by atoms with van der Waals surface area (Å²) in [5.41, 5.74) is -0.0645. The Morgan fingerprint density at radius 2 is 1.79 bits per heavy atom. The SMILES string of the molecule is CC1CC(C)CN(CC(CO)(NC(C)C)C2CC2)C1. The van der Waals surface area contributed by atoms with E-state index >= 15 is 0 Å². The summed E-state index contributed by atoms with van der Waals surface area (Å²) in [6, 6.07) is 0.437. The molecule has 1 saturated heterocycles. The molecule has 0 aromatic rings. The molecule has 0 aromatic heterocycles. The molecule has 0 amide bonds. The molecule has 2 rings (SSSR count). The molecule has 1 heterocycles. The van der Waals surface area contributed by atoms with Crippen LogP contribution in [-0.2, 0) is 0 Å². The number of aliphatic hydroxyl groups excluding tert-OH is 1. The second-order valence-electron chi connectivity index (χ2n) is 7.53. The third-order valence-electron chi connectivity index (χ3n) is 4.67. The predicted molar refractivity (Wildman–Crippen MR) is 80.2 cm³/mol. The Hall–Kier alpha value is -0.120. The van der Waals surface area contributed by atoms with Crippen molar-refractivity contribution in [2.45, 2.75) is 58.5 Å². The Morgan fingerprint density at radius 1 is 1.21 bits per heavy atom. The fourth-order valence-electron chi connectivity index (χ4n) is 4.05. The summed E-state index contributed by atoms with van der Waals surface area (Å²) in [7, 11) is 0. The van der Waals surface area contributed by atoms with Crippen molar-refractivity contribution >= 4 is 0 Å². The number of rotatable bonds is 6. The minimum Gasteiger partial charge on any atom is -0.394 e. The molecule has 1 aliphatic carbocycles. The molecule has 3 heteroatoms. The maximum atomic E-state index is 10.0. The molecule has 2 aliphatic rings. The summed E-state index contributed by atoms with van der Waals surface area (Å²) in [5, 5.41) is 13.7. The first-order valence-electron chi connectivity index (χ1n) is 8.06. The van der Waals surface area contributed by atoms with Crippen molar-refractivity contribution < 1.29 is 5.11 Å². The number of nitrogens with one attached hydrogen (secondary N) is 1. The molecule has 2 N–H and O–H groups in total. The van der Waals surface area contributed by atoms with Gasteiger partial charge in [0.15, 0.2) is 0 Å². The van der Waals surface area contributed by atoms with Gasteiger partial charge in [-0.1, -0.05) is 27.7 Å². The van der Waals surface area contributed by atoms with E-state index in [0.29, 0.717) is 12.0 Å². The standard InChI is InChI=1S/C16H32N2O/c1-12(2)17-16(11-19,15-5-6-15)10-18-8-13(3)7-14(4)9-18/h12-15,17,19H,5-11H2,1-4H3. The van der Waals surface area contributed by atoms with E-state index in [0.717, 1.165) is 18.4 Å². The third-order valence-corrected chi connectivity index (χ3v) is 4.67. The Bertz CT molecular complexity index is 280. The molecular weight excluding hydrogens is 236 g/mol. The lowest BCUT2D eigenvalue weighted by Crippen LogP contribution is -2.61. The van der Waals surface area contributed by atoms with Crippen molar-refractivity contribution in [3.05, 3.63) is 0 Å². The maximum absolute atomic E-state index is 10.0. The molecular formula is C16H32N2O. The lowest BCUT2D eigenvalue weighted by molar-refractivity contribution is 0.0521. The van der Waals surface area contributed by atoms with Gasteiger partial charge in [-0.15, -0.1) is 0 Å². The Morgan fingerprint density at radius 3 is 2.21 bits per heavy atom. The second kappa shape index (κ2) is 6.11. The summed E-state index contributed by atoms with van der Waals surface area (Å²) in [5.74, 6) is 2.25.